The van der Waals surface area contributed by atoms with E-state index < -0.39 is 53.3 Å². The number of alkyl halides is 1. The summed E-state index contributed by atoms with van der Waals surface area (Å²) < 4.78 is 30.3. The number of likely N-dealkylation sites (tertiary alicyclic amines) is 5. The summed E-state index contributed by atoms with van der Waals surface area (Å²) in [7, 11) is 5.26. The molecule has 3 aromatic heterocycles. The van der Waals surface area contributed by atoms with Gasteiger partial charge in [-0.05, 0) is 220 Å². The van der Waals surface area contributed by atoms with E-state index in [1.807, 2.05) is 57.3 Å². The summed E-state index contributed by atoms with van der Waals surface area (Å²) in [6.07, 6.45) is 28.7. The minimum absolute atomic E-state index is 0. The van der Waals surface area contributed by atoms with Crippen LogP contribution in [-0.2, 0) is 68.4 Å². The van der Waals surface area contributed by atoms with Crippen LogP contribution in [0.3, 0.4) is 0 Å². The molecule has 0 spiro atoms. The van der Waals surface area contributed by atoms with E-state index in [2.05, 4.69) is 260 Å². The van der Waals surface area contributed by atoms with E-state index in [-0.39, 0.29) is 47.9 Å². The van der Waals surface area contributed by atoms with Crippen LogP contribution in [0.1, 0.15) is 186 Å². The van der Waals surface area contributed by atoms with Crippen LogP contribution in [-0.4, -0.2) is 260 Å². The molecule has 0 bridgehead atoms. The summed E-state index contributed by atoms with van der Waals surface area (Å²) in [5.41, 5.74) is 18.0. The molecule has 8 heterocycles. The largest absolute Gasteiger partial charge is 0.519 e. The molecule has 745 valence electrons. The smallest absolute Gasteiger partial charge is 0.444 e. The molecule has 5 saturated heterocycles. The van der Waals surface area contributed by atoms with Gasteiger partial charge in [0.2, 0.25) is 0 Å². The molecule has 1 radical (unpaired) electrons. The number of nitrogens with two attached hydrogens (primary N) is 2. The van der Waals surface area contributed by atoms with Crippen LogP contribution in [0.2, 0.25) is 58.9 Å². The molecule has 3 unspecified atom stereocenters. The molecule has 32 heteroatoms. The zero-order valence-electron chi connectivity index (χ0n) is 85.2. The van der Waals surface area contributed by atoms with Crippen molar-refractivity contribution in [1.82, 2.24) is 64.6 Å². The van der Waals surface area contributed by atoms with E-state index in [1.165, 1.54) is 99.0 Å². The number of ether oxygens (including phenoxy) is 5. The Hall–Kier alpha value is -6.99. The van der Waals surface area contributed by atoms with Gasteiger partial charge >= 0.3 is 18.4 Å². The summed E-state index contributed by atoms with van der Waals surface area (Å²) in [5.74, 6) is 1.65. The van der Waals surface area contributed by atoms with E-state index in [1.54, 1.807) is 109 Å². The van der Waals surface area contributed by atoms with Gasteiger partial charge in [-0.15, -0.1) is 11.6 Å². The fourth-order valence-electron chi connectivity index (χ4n) is 13.3. The number of carbonyl (C=O) groups excluding carboxylic acids is 3. The molecule has 1 amide bonds. The normalized spacial score (nSPS) is 16.8. The number of halogens is 1. The third-order valence-corrected chi connectivity index (χ3v) is 25.6. The molecule has 133 heavy (non-hydrogen) atoms. The molecule has 5 fully saturated rings. The Labute approximate surface area is 833 Å². The average Bonchev–Trinajstić information content (AvgIpc) is 1.70. The van der Waals surface area contributed by atoms with Crippen molar-refractivity contribution in [3.63, 3.8) is 0 Å². The van der Waals surface area contributed by atoms with E-state index in [0.29, 0.717) is 44.1 Å². The fourth-order valence-corrected chi connectivity index (χ4v) is 15.8. The molecule has 7 aromatic rings. The topological polar surface area (TPSA) is 302 Å². The third kappa shape index (κ3) is 68.6. The molecular formula is C101H172ClN16O9PSSi3V. The number of methoxy groups -OCH3 is 1. The predicted molar refractivity (Wildman–Crippen MR) is 566 cm³/mol. The quantitative estimate of drug-likeness (QED) is 0.00759. The van der Waals surface area contributed by atoms with Gasteiger partial charge in [-0.2, -0.15) is 15.2 Å². The van der Waals surface area contributed by atoms with Gasteiger partial charge in [0.1, 0.15) is 16.8 Å². The Morgan fingerprint density at radius 1 is 0.609 bits per heavy atom. The second-order valence-corrected chi connectivity index (χ2v) is 56.3. The molecule has 0 aliphatic carbocycles. The minimum Gasteiger partial charge on any atom is -0.444 e. The maximum absolute atomic E-state index is 11.9. The average molecular weight is 1990 g/mol. The van der Waals surface area contributed by atoms with Gasteiger partial charge in [0, 0.05) is 157 Å². The summed E-state index contributed by atoms with van der Waals surface area (Å²) in [4.78, 5) is 72.1. The van der Waals surface area contributed by atoms with Crippen molar-refractivity contribution in [2.45, 2.75) is 266 Å². The van der Waals surface area contributed by atoms with Gasteiger partial charge in [-0.1, -0.05) is 206 Å². The van der Waals surface area contributed by atoms with Gasteiger partial charge in [-0.3, -0.25) is 39.7 Å². The van der Waals surface area contributed by atoms with E-state index in [0.717, 1.165) is 100.0 Å². The first-order chi connectivity index (χ1) is 61.8. The van der Waals surface area contributed by atoms with E-state index >= 15 is 0 Å². The minimum atomic E-state index is -1.07. The van der Waals surface area contributed by atoms with Crippen LogP contribution in [0.5, 0.6) is 0 Å². The maximum atomic E-state index is 11.9. The first kappa shape index (κ1) is 128. The third-order valence-electron chi connectivity index (χ3n) is 19.7. The number of hydrogen-bond donors (Lipinski definition) is 4. The van der Waals surface area contributed by atoms with Crippen LogP contribution >= 0.6 is 33.7 Å². The number of aromatic nitrogens is 6. The Morgan fingerprint density at radius 3 is 1.38 bits per heavy atom. The molecule has 0 saturated carbocycles. The van der Waals surface area contributed by atoms with Crippen molar-refractivity contribution in [1.29, 1.82) is 5.26 Å². The van der Waals surface area contributed by atoms with Gasteiger partial charge < -0.3 is 65.2 Å². The standard InChI is InChI=1S/C15H17N3.C13H19N3O2.C13H23NOSi.C11H19NSi.C10H18O5.C7H16N2.C7H12N2.C7H9N.C6H6N2.C6H13NO.C4H11ClSi.CH2S.CH4.H3P.V/c1-2-4-13(5-3-1)11-18-9-6-14(12-18)15-10-16-7-8-17-15;1-13(2,3)18-12(17)16-7-4-10(9-16)11-8-14-5-6-15-11;1-15-11-14(12-16(2,3)4)10-13-8-6-5-7-9-13;1-13(2,3)10-12-9-11-7-5-4-6-8-11;1-9(2,3)14-7(11)13-8(12)15-10(4,5)6;2*1-9-6-2-3-7(9)4-5-8;8-6-7-4-2-1-3-5-7;1-2-6-5-7-3-4-8-6;1-7-4-2-3-6(7)5-8;1-6(2,3)4-5;1-2;;;/h1-5,7-8,10,14H,6,9,11-12H2;5-6,8,10H,4,7,9H2,1-3H3;5-9H,10-12H2,1-4H3;4-8,12H,9-10H2,1-3H3;1-6H3;7H,2-6,8H2,1H3;7H,2-4,6H2,1H3;1-5H,6,8H2;2-5H,1H2;6,8H,2-5H2,1H3;4H2,1-3H3;1H2;1H4;1H3;/t;;;;;2*7-;;;6-;;;;;/m.....00..0...../s1/i;;;;;;;;;;;1T;;;. The Bertz CT molecular complexity index is 4100. The van der Waals surface area contributed by atoms with Crippen molar-refractivity contribution in [2.75, 3.05) is 112 Å². The summed E-state index contributed by atoms with van der Waals surface area (Å²) in [6, 6.07) is 45.8. The zero-order chi connectivity index (χ0) is 98.3. The van der Waals surface area contributed by atoms with Crippen molar-refractivity contribution < 1.29 is 63.1 Å². The van der Waals surface area contributed by atoms with E-state index in [9.17, 15) is 14.4 Å². The van der Waals surface area contributed by atoms with E-state index in [4.69, 9.17) is 53.8 Å². The molecular weight excluding hydrogens is 1810 g/mol. The number of aliphatic hydroxyl groups is 1. The molecule has 12 rings (SSSR count). The number of benzene rings is 4. The number of nitrogens with one attached hydrogen (secondary N) is 1. The molecule has 25 nitrogen and oxygen atoms in total. The van der Waals surface area contributed by atoms with Crippen LogP contribution < -0.4 is 16.8 Å². The van der Waals surface area contributed by atoms with Crippen molar-refractivity contribution >= 4 is 88.3 Å². The van der Waals surface area contributed by atoms with Gasteiger partial charge in [0.25, 0.3) is 0 Å². The van der Waals surface area contributed by atoms with Gasteiger partial charge in [-0.25, -0.2) is 14.4 Å². The maximum Gasteiger partial charge on any atom is 0.519 e. The number of nitriles is 1. The molecule has 5 aliphatic rings. The van der Waals surface area contributed by atoms with Crippen molar-refractivity contribution in [3.8, 4) is 6.07 Å². The number of thiocarbonyl (C=S) groups is 1. The zero-order valence-corrected chi connectivity index (χ0v) is 91.6. The number of aliphatic hydroxyl groups excluding tert-OH is 1. The number of likely N-dealkylation sites (N-methyl/N-ethyl adjacent to an activating group) is 1. The number of hydrogen-bond acceptors (Lipinski definition) is 25. The molecule has 4 aromatic carbocycles. The second kappa shape index (κ2) is 73.2. The second-order valence-electron chi connectivity index (χ2n) is 39.2. The monoisotopic (exact) mass is 1990 g/mol. The van der Waals surface area contributed by atoms with Gasteiger partial charge in [0.05, 0.1) is 74.7 Å². The van der Waals surface area contributed by atoms with Crippen molar-refractivity contribution in [2.24, 2.45) is 11.5 Å². The van der Waals surface area contributed by atoms with Crippen LogP contribution in [0, 0.1) is 11.3 Å². The Morgan fingerprint density at radius 2 is 1.03 bits per heavy atom. The SMILES string of the molecule is C.C=Cc1cnccn1.CC(C)(C)OC(=O)N1CCC(c2cnccn2)C1.CC(C)(C)OC(=O)OC(=O)OC(C)(C)C.CN1CCC[C@H]1CC#N.CN1CCC[C@H]1CCN.CN1CCC[C@H]1CO.COCN(Cc1ccccc1)C[Si](C)(C)C.C[Si](C)(C)CCl.C[Si](C)(C)CNCc1ccccc1.NCc1ccccc1.P.[3H]C=S.[V].c1ccc(CN2CCC(c3cnccn3)C2)cc1. The summed E-state index contributed by atoms with van der Waals surface area (Å²) in [5, 5.41) is 20.6. The molecule has 6 atom stereocenters. The fraction of sp³-hybridized carbons (Fsp3) is 0.574. The number of carbonyl (C=O) groups is 3. The number of nitrogens with zero attached hydrogens (tertiary/aromatic N) is 13. The summed E-state index contributed by atoms with van der Waals surface area (Å²) >= 11 is 9.47. The predicted octanol–water partition coefficient (Wildman–Crippen LogP) is 20.3. The first-order valence-corrected chi connectivity index (χ1v) is 57.6. The van der Waals surface area contributed by atoms with Crippen LogP contribution in [0.4, 0.5) is 14.4 Å². The Balaban J connectivity index is -0.00000142. The van der Waals surface area contributed by atoms with Crippen LogP contribution in [0.15, 0.2) is 184 Å². The number of amides is 1. The number of rotatable bonds is 21. The van der Waals surface area contributed by atoms with Crippen LogP contribution in [0.25, 0.3) is 6.08 Å². The first-order valence-electron chi connectivity index (χ1n) is 46.1. The van der Waals surface area contributed by atoms with Crippen molar-refractivity contribution in [3.05, 3.63) is 223 Å². The van der Waals surface area contributed by atoms with Gasteiger partial charge in [0.15, 0.2) is 0 Å². The summed E-state index contributed by atoms with van der Waals surface area (Å²) in [6.45, 7) is 53.0. The Kier molecular flexibility index (Phi) is 70.5. The molecule has 6 N–H and O–H groups in total. The molecule has 5 aliphatic heterocycles.